The van der Waals surface area contributed by atoms with Crippen LogP contribution in [0, 0.1) is 6.92 Å². The highest BCUT2D eigenvalue weighted by Gasteiger charge is 2.13. The van der Waals surface area contributed by atoms with Crippen LogP contribution >= 0.6 is 0 Å². The van der Waals surface area contributed by atoms with Crippen LogP contribution in [0.25, 0.3) is 0 Å². The Morgan fingerprint density at radius 2 is 1.87 bits per heavy atom. The minimum atomic E-state index is -0.534. The van der Waals surface area contributed by atoms with Crippen molar-refractivity contribution in [2.45, 2.75) is 33.0 Å². The number of aliphatic hydroxyl groups excluding tert-OH is 1. The molecule has 2 rings (SSSR count). The third kappa shape index (κ3) is 5.42. The maximum Gasteiger partial charge on any atom is 0.260 e. The summed E-state index contributed by atoms with van der Waals surface area (Å²) in [6.07, 6.45) is 0.211. The van der Waals surface area contributed by atoms with Crippen LogP contribution < -0.4 is 10.1 Å². The number of amides is 1. The lowest BCUT2D eigenvalue weighted by Crippen LogP contribution is -2.37. The highest BCUT2D eigenvalue weighted by atomic mass is 16.5. The Labute approximate surface area is 137 Å². The van der Waals surface area contributed by atoms with Gasteiger partial charge in [0.1, 0.15) is 5.75 Å². The third-order valence-electron chi connectivity index (χ3n) is 3.59. The van der Waals surface area contributed by atoms with E-state index in [0.717, 1.165) is 23.1 Å². The summed E-state index contributed by atoms with van der Waals surface area (Å²) in [5, 5.41) is 11.9. The number of rotatable bonds is 7. The number of aryl methyl sites for hydroxylation is 1. The number of ether oxygens (including phenoxy) is 1. The molecule has 0 saturated heterocycles. The number of nitrogens with one attached hydrogen (secondary N) is 1. The van der Waals surface area contributed by atoms with E-state index in [1.807, 2.05) is 55.5 Å². The van der Waals surface area contributed by atoms with Gasteiger partial charge in [0.25, 0.3) is 5.91 Å². The molecule has 1 atom stereocenters. The van der Waals surface area contributed by atoms with Crippen molar-refractivity contribution in [1.29, 1.82) is 0 Å². The standard InChI is InChI=1S/C19H23NO3/c1-14-4-3-5-18(12-14)23-15(2)19(22)20-11-10-16-6-8-17(13-21)9-7-16/h3-9,12,15,21H,10-11,13H2,1-2H3,(H,20,22). The van der Waals surface area contributed by atoms with E-state index in [-0.39, 0.29) is 12.5 Å². The quantitative estimate of drug-likeness (QED) is 0.826. The minimum absolute atomic E-state index is 0.0465. The van der Waals surface area contributed by atoms with E-state index in [9.17, 15) is 4.79 Å². The van der Waals surface area contributed by atoms with Crippen LogP contribution in [0.4, 0.5) is 0 Å². The van der Waals surface area contributed by atoms with E-state index in [2.05, 4.69) is 5.32 Å². The topological polar surface area (TPSA) is 58.6 Å². The van der Waals surface area contributed by atoms with Gasteiger partial charge in [0.05, 0.1) is 6.61 Å². The number of carbonyl (C=O) groups excluding carboxylic acids is 1. The maximum absolute atomic E-state index is 12.1. The predicted octanol–water partition coefficient (Wildman–Crippen LogP) is 2.61. The zero-order valence-corrected chi connectivity index (χ0v) is 13.6. The Morgan fingerprint density at radius 1 is 1.17 bits per heavy atom. The molecule has 2 N–H and O–H groups in total. The summed E-state index contributed by atoms with van der Waals surface area (Å²) in [5.41, 5.74) is 3.11. The number of carbonyl (C=O) groups is 1. The molecule has 0 aliphatic carbocycles. The second-order valence-corrected chi connectivity index (χ2v) is 5.59. The van der Waals surface area contributed by atoms with Crippen molar-refractivity contribution in [3.63, 3.8) is 0 Å². The van der Waals surface area contributed by atoms with Crippen LogP contribution in [0.3, 0.4) is 0 Å². The lowest BCUT2D eigenvalue weighted by Gasteiger charge is -2.15. The maximum atomic E-state index is 12.1. The van der Waals surface area contributed by atoms with E-state index < -0.39 is 6.10 Å². The molecule has 0 aromatic heterocycles. The molecule has 4 heteroatoms. The van der Waals surface area contributed by atoms with Gasteiger partial charge >= 0.3 is 0 Å². The summed E-state index contributed by atoms with van der Waals surface area (Å²) in [4.78, 5) is 12.1. The molecule has 0 fully saturated rings. The Kier molecular flexibility index (Phi) is 6.18. The van der Waals surface area contributed by atoms with Crippen LogP contribution in [0.5, 0.6) is 5.75 Å². The van der Waals surface area contributed by atoms with Gasteiger partial charge in [-0.05, 0) is 49.1 Å². The van der Waals surface area contributed by atoms with E-state index >= 15 is 0 Å². The first-order valence-corrected chi connectivity index (χ1v) is 7.78. The predicted molar refractivity (Wildman–Crippen MR) is 90.3 cm³/mol. The Hall–Kier alpha value is -2.33. The number of hydrogen-bond donors (Lipinski definition) is 2. The van der Waals surface area contributed by atoms with Crippen molar-refractivity contribution in [2.24, 2.45) is 0 Å². The van der Waals surface area contributed by atoms with E-state index in [0.29, 0.717) is 12.3 Å². The monoisotopic (exact) mass is 313 g/mol. The fourth-order valence-electron chi connectivity index (χ4n) is 2.23. The van der Waals surface area contributed by atoms with Gasteiger partial charge in [-0.25, -0.2) is 0 Å². The smallest absolute Gasteiger partial charge is 0.260 e. The van der Waals surface area contributed by atoms with E-state index in [1.165, 1.54) is 0 Å². The highest BCUT2D eigenvalue weighted by molar-refractivity contribution is 5.80. The fourth-order valence-corrected chi connectivity index (χ4v) is 2.23. The number of benzene rings is 2. The molecule has 1 amide bonds. The molecule has 0 saturated carbocycles. The molecule has 0 aliphatic rings. The van der Waals surface area contributed by atoms with Crippen molar-refractivity contribution < 1.29 is 14.6 Å². The van der Waals surface area contributed by atoms with Crippen LogP contribution in [0.15, 0.2) is 48.5 Å². The minimum Gasteiger partial charge on any atom is -0.481 e. The first-order valence-electron chi connectivity index (χ1n) is 7.78. The molecule has 1 unspecified atom stereocenters. The summed E-state index contributed by atoms with van der Waals surface area (Å²) < 4.78 is 5.65. The largest absolute Gasteiger partial charge is 0.481 e. The molecule has 0 radical (unpaired) electrons. The van der Waals surface area contributed by atoms with Crippen LogP contribution in [-0.4, -0.2) is 23.7 Å². The zero-order valence-electron chi connectivity index (χ0n) is 13.6. The molecule has 4 nitrogen and oxygen atoms in total. The molecular weight excluding hydrogens is 290 g/mol. The Morgan fingerprint density at radius 3 is 2.52 bits per heavy atom. The first kappa shape index (κ1) is 17.0. The van der Waals surface area contributed by atoms with Gasteiger partial charge in [-0.3, -0.25) is 4.79 Å². The molecule has 0 aliphatic heterocycles. The highest BCUT2D eigenvalue weighted by Crippen LogP contribution is 2.14. The average molecular weight is 313 g/mol. The summed E-state index contributed by atoms with van der Waals surface area (Å²) in [6.45, 7) is 4.33. The molecular formula is C19H23NO3. The molecule has 122 valence electrons. The Bertz CT molecular complexity index is 637. The SMILES string of the molecule is Cc1cccc(OC(C)C(=O)NCCc2ccc(CO)cc2)c1. The zero-order chi connectivity index (χ0) is 16.7. The van der Waals surface area contributed by atoms with Crippen LogP contribution in [-0.2, 0) is 17.8 Å². The van der Waals surface area contributed by atoms with Gasteiger partial charge in [-0.1, -0.05) is 36.4 Å². The Balaban J connectivity index is 1.77. The van der Waals surface area contributed by atoms with Gasteiger partial charge in [0.15, 0.2) is 6.10 Å². The van der Waals surface area contributed by atoms with Crippen molar-refractivity contribution in [1.82, 2.24) is 5.32 Å². The summed E-state index contributed by atoms with van der Waals surface area (Å²) >= 11 is 0. The average Bonchev–Trinajstić information content (AvgIpc) is 2.55. The van der Waals surface area contributed by atoms with Crippen molar-refractivity contribution >= 4 is 5.91 Å². The van der Waals surface area contributed by atoms with Gasteiger partial charge < -0.3 is 15.2 Å². The van der Waals surface area contributed by atoms with E-state index in [4.69, 9.17) is 9.84 Å². The van der Waals surface area contributed by atoms with E-state index in [1.54, 1.807) is 6.92 Å². The lowest BCUT2D eigenvalue weighted by molar-refractivity contribution is -0.127. The lowest BCUT2D eigenvalue weighted by atomic mass is 10.1. The molecule has 0 bridgehead atoms. The van der Waals surface area contributed by atoms with Crippen molar-refractivity contribution in [2.75, 3.05) is 6.54 Å². The number of aliphatic hydroxyl groups is 1. The van der Waals surface area contributed by atoms with Crippen LogP contribution in [0.1, 0.15) is 23.6 Å². The van der Waals surface area contributed by atoms with Gasteiger partial charge in [0.2, 0.25) is 0 Å². The second-order valence-electron chi connectivity index (χ2n) is 5.59. The third-order valence-corrected chi connectivity index (χ3v) is 3.59. The molecule has 2 aromatic rings. The first-order chi connectivity index (χ1) is 11.1. The normalized spacial score (nSPS) is 11.8. The summed E-state index contributed by atoms with van der Waals surface area (Å²) in [7, 11) is 0. The summed E-state index contributed by atoms with van der Waals surface area (Å²) in [6, 6.07) is 15.4. The molecule has 0 heterocycles. The van der Waals surface area contributed by atoms with Crippen molar-refractivity contribution in [3.8, 4) is 5.75 Å². The van der Waals surface area contributed by atoms with Crippen LogP contribution in [0.2, 0.25) is 0 Å². The summed E-state index contributed by atoms with van der Waals surface area (Å²) in [5.74, 6) is 0.575. The molecule has 23 heavy (non-hydrogen) atoms. The molecule has 0 spiro atoms. The van der Waals surface area contributed by atoms with Gasteiger partial charge in [0, 0.05) is 6.54 Å². The van der Waals surface area contributed by atoms with Crippen molar-refractivity contribution in [3.05, 3.63) is 65.2 Å². The fraction of sp³-hybridized carbons (Fsp3) is 0.316. The van der Waals surface area contributed by atoms with Gasteiger partial charge in [-0.2, -0.15) is 0 Å². The second kappa shape index (κ2) is 8.34. The number of hydrogen-bond acceptors (Lipinski definition) is 3. The molecule has 2 aromatic carbocycles. The van der Waals surface area contributed by atoms with Gasteiger partial charge in [-0.15, -0.1) is 0 Å².